The van der Waals surface area contributed by atoms with Gasteiger partial charge in [-0.1, -0.05) is 301 Å². The van der Waals surface area contributed by atoms with Gasteiger partial charge in [-0.05, 0) is 48.4 Å². The molecule has 0 amide bonds. The molecule has 24 heteroatoms. The van der Waals surface area contributed by atoms with Crippen molar-refractivity contribution >= 4 is 96.3 Å². The number of Topliss-reactive ketones (excluding diaryl/α,β-unsaturated/α-hetero) is 1. The second-order valence-corrected chi connectivity index (χ2v) is 27.8. The molecule has 19 rings (SSSR count). The molecule has 0 saturated carbocycles. The Hall–Kier alpha value is -13.8. The maximum atomic E-state index is 11.4. The van der Waals surface area contributed by atoms with Gasteiger partial charge in [0.05, 0.1) is 73.5 Å². The van der Waals surface area contributed by atoms with Gasteiger partial charge in [0.25, 0.3) is 0 Å². The number of nitrogens with zero attached hydrogens (tertiary/aromatic N) is 19. The quantitative estimate of drug-likeness (QED) is 0.0825. The zero-order chi connectivity index (χ0) is 77.7. The highest BCUT2D eigenvalue weighted by atomic mass is 35.5. The molecule has 0 unspecified atom stereocenters. The Morgan fingerprint density at radius 2 is 0.579 bits per heavy atom. The van der Waals surface area contributed by atoms with E-state index in [1.54, 1.807) is 36.4 Å². The predicted molar refractivity (Wildman–Crippen MR) is 450 cm³/mol. The highest BCUT2D eigenvalue weighted by Gasteiger charge is 2.26. The summed E-state index contributed by atoms with van der Waals surface area (Å²) < 4.78 is 7.21. The monoisotopic (exact) mass is 1570 g/mol. The van der Waals surface area contributed by atoms with Crippen LogP contribution in [0.2, 0.25) is 20.1 Å². The van der Waals surface area contributed by atoms with Crippen LogP contribution in [0.5, 0.6) is 0 Å². The molecule has 0 aliphatic rings. The second kappa shape index (κ2) is 34.7. The summed E-state index contributed by atoms with van der Waals surface area (Å²) in [6, 6.07) is 92.7. The van der Waals surface area contributed by atoms with Crippen molar-refractivity contribution in [2.75, 3.05) is 0 Å². The Kier molecular flexibility index (Phi) is 22.6. The van der Waals surface area contributed by atoms with Crippen molar-refractivity contribution in [3.8, 4) is 90.1 Å². The van der Waals surface area contributed by atoms with Crippen molar-refractivity contribution in [3.05, 3.63) is 353 Å². The van der Waals surface area contributed by atoms with Crippen molar-refractivity contribution in [1.29, 1.82) is 0 Å². The number of benzene rings is 8. The molecule has 20 nitrogen and oxygen atoms in total. The molecule has 0 aliphatic heterocycles. The predicted octanol–water partition coefficient (Wildman–Crippen LogP) is 20.6. The average molecular weight is 1570 g/mol. The van der Waals surface area contributed by atoms with Crippen molar-refractivity contribution in [1.82, 2.24) is 94.9 Å². The fourth-order valence-electron chi connectivity index (χ4n) is 13.1. The molecule has 0 radical (unpaired) electrons. The number of hydrogen-bond acceptors (Lipinski definition) is 16. The van der Waals surface area contributed by atoms with Gasteiger partial charge in [0.2, 0.25) is 0 Å². The number of fused-ring (bicyclic) bond motifs is 4. The van der Waals surface area contributed by atoms with Gasteiger partial charge >= 0.3 is 0 Å². The Balaban J connectivity index is 0.000000115. The Labute approximate surface area is 674 Å². The number of aromatic nitrogens is 19. The van der Waals surface area contributed by atoms with Crippen molar-refractivity contribution in [2.45, 2.75) is 39.5 Å². The van der Waals surface area contributed by atoms with Gasteiger partial charge in [0, 0.05) is 81.9 Å². The minimum absolute atomic E-state index is 0.0971. The van der Waals surface area contributed by atoms with Crippen LogP contribution in [0.3, 0.4) is 0 Å². The van der Waals surface area contributed by atoms with E-state index in [2.05, 4.69) is 55.7 Å². The first kappa shape index (κ1) is 74.3. The number of carbonyl (C=O) groups excluding carboxylic acids is 1. The van der Waals surface area contributed by atoms with Crippen molar-refractivity contribution < 1.29 is 4.79 Å². The van der Waals surface area contributed by atoms with Gasteiger partial charge in [0.1, 0.15) is 51.3 Å². The van der Waals surface area contributed by atoms with Crippen LogP contribution in [0.15, 0.2) is 316 Å². The average Bonchev–Trinajstić information content (AvgIpc) is 1.62. The molecule has 0 spiro atoms. The summed E-state index contributed by atoms with van der Waals surface area (Å²) in [5.74, 6) is 0.0971. The maximum absolute atomic E-state index is 11.4. The minimum atomic E-state index is 0.0971. The molecule has 114 heavy (non-hydrogen) atoms. The molecule has 8 aromatic carbocycles. The standard InChI is InChI=1S/3C23H16ClN5.C21H17ClN4O/c24-20-19-21(17-9-3-1-4-10-17)28-29(15-16-8-7-13-25-14-16)23(19)27-26-22(20)18-11-5-2-6-12-18;24-20-19-21(16-9-3-1-4-10-16)28-29(15-18-13-7-8-14-25-18)23(19)27-26-22(20)17-11-5-2-6-12-17;24-20-19-21(17-7-3-1-4-8-17)28-29(15-16-11-13-25-14-12-16)23(19)27-26-22(20)18-9-5-2-6-10-18;1-14(27)12-13-26-21-17(19(25-26)15-8-4-2-5-9-15)18(22)20(23-24-21)16-10-6-3-7-11-16/h3*1-14H,15H2;2-11H,12-13H2,1H3. The molecular formula is C90H65Cl4N19O. The van der Waals surface area contributed by atoms with Crippen LogP contribution in [0.25, 0.3) is 134 Å². The lowest BCUT2D eigenvalue weighted by Gasteiger charge is -2.06. The van der Waals surface area contributed by atoms with Crippen molar-refractivity contribution in [2.24, 2.45) is 0 Å². The van der Waals surface area contributed by atoms with Crippen LogP contribution < -0.4 is 0 Å². The number of hydrogen-bond donors (Lipinski definition) is 0. The fourth-order valence-corrected chi connectivity index (χ4v) is 14.4. The zero-order valence-corrected chi connectivity index (χ0v) is 64.0. The summed E-state index contributed by atoms with van der Waals surface area (Å²) in [6.07, 6.45) is 9.26. The fraction of sp³-hybridized carbons (Fsp3) is 0.0667. The first-order valence-electron chi connectivity index (χ1n) is 36.4. The van der Waals surface area contributed by atoms with Crippen LogP contribution in [0.1, 0.15) is 30.2 Å². The minimum Gasteiger partial charge on any atom is -0.300 e. The maximum Gasteiger partial charge on any atom is 0.182 e. The van der Waals surface area contributed by atoms with Crippen molar-refractivity contribution in [3.63, 3.8) is 0 Å². The third kappa shape index (κ3) is 16.2. The normalized spacial score (nSPS) is 11.1. The Bertz CT molecular complexity index is 6020. The van der Waals surface area contributed by atoms with Gasteiger partial charge in [-0.15, -0.1) is 40.8 Å². The summed E-state index contributed by atoms with van der Waals surface area (Å²) in [6.45, 7) is 3.58. The third-order valence-electron chi connectivity index (χ3n) is 18.6. The topological polar surface area (TPSA) is 230 Å². The van der Waals surface area contributed by atoms with E-state index < -0.39 is 0 Å². The molecular weight excluding hydrogens is 1500 g/mol. The van der Waals surface area contributed by atoms with Gasteiger partial charge in [0.15, 0.2) is 22.6 Å². The van der Waals surface area contributed by atoms with E-state index >= 15 is 0 Å². The number of ketones is 1. The first-order chi connectivity index (χ1) is 56.1. The van der Waals surface area contributed by atoms with E-state index in [0.717, 1.165) is 106 Å². The number of rotatable bonds is 17. The van der Waals surface area contributed by atoms with E-state index in [-0.39, 0.29) is 5.78 Å². The molecule has 0 bridgehead atoms. The first-order valence-corrected chi connectivity index (χ1v) is 37.9. The summed E-state index contributed by atoms with van der Waals surface area (Å²) in [7, 11) is 0. The third-order valence-corrected chi connectivity index (χ3v) is 20.1. The van der Waals surface area contributed by atoms with E-state index in [1.165, 1.54) is 0 Å². The van der Waals surface area contributed by atoms with Gasteiger partial charge in [-0.25, -0.2) is 18.7 Å². The molecule has 0 fully saturated rings. The second-order valence-electron chi connectivity index (χ2n) is 26.3. The van der Waals surface area contributed by atoms with Crippen LogP contribution in [-0.4, -0.2) is 101 Å². The lowest BCUT2D eigenvalue weighted by molar-refractivity contribution is -0.117. The van der Waals surface area contributed by atoms with E-state index in [1.807, 2.05) is 305 Å². The van der Waals surface area contributed by atoms with Crippen LogP contribution in [0.4, 0.5) is 0 Å². The Morgan fingerprint density at radius 1 is 0.281 bits per heavy atom. The lowest BCUT2D eigenvalue weighted by atomic mass is 10.1. The lowest BCUT2D eigenvalue weighted by Crippen LogP contribution is -2.05. The molecule has 19 aromatic rings. The van der Waals surface area contributed by atoms with Gasteiger partial charge in [-0.2, -0.15) is 20.4 Å². The number of carbonyl (C=O) groups is 1. The van der Waals surface area contributed by atoms with Crippen LogP contribution in [-0.2, 0) is 31.0 Å². The molecule has 11 aromatic heterocycles. The van der Waals surface area contributed by atoms with Gasteiger partial charge < -0.3 is 0 Å². The largest absolute Gasteiger partial charge is 0.300 e. The summed E-state index contributed by atoms with van der Waals surface area (Å²) in [5.41, 5.74) is 18.8. The molecule has 0 N–H and O–H groups in total. The van der Waals surface area contributed by atoms with Crippen LogP contribution in [0, 0.1) is 0 Å². The van der Waals surface area contributed by atoms with E-state index in [0.29, 0.717) is 98.1 Å². The van der Waals surface area contributed by atoms with Crippen LogP contribution >= 0.6 is 46.4 Å². The summed E-state index contributed by atoms with van der Waals surface area (Å²) >= 11 is 27.4. The molecule has 11 heterocycles. The highest BCUT2D eigenvalue weighted by molar-refractivity contribution is 6.40. The number of aryl methyl sites for hydroxylation is 1. The number of pyridine rings is 3. The summed E-state index contributed by atoms with van der Waals surface area (Å²) in [5, 5.41) is 60.1. The zero-order valence-electron chi connectivity index (χ0n) is 61.0. The molecule has 0 atom stereocenters. The van der Waals surface area contributed by atoms with Gasteiger partial charge in [-0.3, -0.25) is 19.7 Å². The molecule has 0 saturated heterocycles. The SMILES string of the molecule is CC(=O)CCn1nc(-c2ccccc2)c2c(Cl)c(-c3ccccc3)nnc21.Clc1c(-c2ccccc2)nnc2c1c(-c1ccccc1)nn2Cc1ccccn1.Clc1c(-c2ccccc2)nnc2c1c(-c1ccccc1)nn2Cc1cccnc1.Clc1c(-c2ccccc2)nnc2c1c(-c1ccccc1)nn2Cc1ccncc1. The number of halogens is 4. The summed E-state index contributed by atoms with van der Waals surface area (Å²) in [4.78, 5) is 24.1. The highest BCUT2D eigenvalue weighted by Crippen LogP contribution is 2.42. The molecule has 554 valence electrons. The van der Waals surface area contributed by atoms with E-state index in [9.17, 15) is 4.79 Å². The smallest absolute Gasteiger partial charge is 0.182 e. The Morgan fingerprint density at radius 3 is 0.886 bits per heavy atom. The van der Waals surface area contributed by atoms with E-state index in [4.69, 9.17) is 66.8 Å². The molecule has 0 aliphatic carbocycles.